The van der Waals surface area contributed by atoms with E-state index in [0.717, 1.165) is 24.6 Å². The first kappa shape index (κ1) is 13.7. The van der Waals surface area contributed by atoms with Gasteiger partial charge < -0.3 is 4.90 Å². The van der Waals surface area contributed by atoms with Crippen LogP contribution in [0.1, 0.15) is 28.9 Å². The first-order chi connectivity index (χ1) is 10.2. The summed E-state index contributed by atoms with van der Waals surface area (Å²) in [7, 11) is 0. The van der Waals surface area contributed by atoms with Crippen LogP contribution in [0.4, 0.5) is 8.78 Å². The smallest absolute Gasteiger partial charge is 0.257 e. The van der Waals surface area contributed by atoms with Gasteiger partial charge in [-0.15, -0.1) is 0 Å². The Morgan fingerprint density at radius 1 is 1.19 bits per heavy atom. The molecule has 0 unspecified atom stereocenters. The van der Waals surface area contributed by atoms with Crippen molar-refractivity contribution in [3.05, 3.63) is 65.5 Å². The fourth-order valence-corrected chi connectivity index (χ4v) is 2.24. The molecule has 0 radical (unpaired) electrons. The van der Waals surface area contributed by atoms with Gasteiger partial charge in [-0.1, -0.05) is 12.1 Å². The second-order valence-electron chi connectivity index (χ2n) is 5.09. The molecular formula is C16H14F2N2O. The van der Waals surface area contributed by atoms with Crippen molar-refractivity contribution in [2.45, 2.75) is 25.4 Å². The number of amides is 1. The molecule has 1 heterocycles. The third kappa shape index (κ3) is 2.91. The maximum Gasteiger partial charge on any atom is 0.257 e. The molecule has 0 atom stereocenters. The number of rotatable bonds is 4. The van der Waals surface area contributed by atoms with Crippen LogP contribution in [0.15, 0.2) is 42.6 Å². The number of benzene rings is 1. The van der Waals surface area contributed by atoms with Gasteiger partial charge in [0, 0.05) is 12.2 Å². The van der Waals surface area contributed by atoms with Crippen LogP contribution in [0.3, 0.4) is 0 Å². The molecule has 3 nitrogen and oxygen atoms in total. The first-order valence-electron chi connectivity index (χ1n) is 6.81. The van der Waals surface area contributed by atoms with E-state index in [2.05, 4.69) is 4.98 Å². The number of hydrogen-bond donors (Lipinski definition) is 0. The minimum Gasteiger partial charge on any atom is -0.330 e. The molecule has 1 aromatic heterocycles. The van der Waals surface area contributed by atoms with Gasteiger partial charge in [0.05, 0.1) is 17.8 Å². The lowest BCUT2D eigenvalue weighted by Gasteiger charge is -2.22. The van der Waals surface area contributed by atoms with Gasteiger partial charge in [0.1, 0.15) is 0 Å². The summed E-state index contributed by atoms with van der Waals surface area (Å²) in [6.07, 6.45) is 3.42. The molecule has 21 heavy (non-hydrogen) atoms. The minimum absolute atomic E-state index is 0.0853. The highest BCUT2D eigenvalue weighted by Crippen LogP contribution is 2.30. The van der Waals surface area contributed by atoms with Crippen LogP contribution in [0.5, 0.6) is 0 Å². The Morgan fingerprint density at radius 3 is 2.67 bits per heavy atom. The molecule has 1 fully saturated rings. The summed E-state index contributed by atoms with van der Waals surface area (Å²) in [4.78, 5) is 18.2. The summed E-state index contributed by atoms with van der Waals surface area (Å²) >= 11 is 0. The zero-order chi connectivity index (χ0) is 14.8. The van der Waals surface area contributed by atoms with E-state index in [-0.39, 0.29) is 11.6 Å². The summed E-state index contributed by atoms with van der Waals surface area (Å²) in [5, 5.41) is 0. The average molecular weight is 288 g/mol. The maximum atomic E-state index is 13.8. The molecule has 1 saturated carbocycles. The third-order valence-corrected chi connectivity index (χ3v) is 3.49. The van der Waals surface area contributed by atoms with Crippen LogP contribution in [0, 0.1) is 11.6 Å². The second kappa shape index (κ2) is 5.60. The van der Waals surface area contributed by atoms with Gasteiger partial charge in [0.15, 0.2) is 11.6 Å². The van der Waals surface area contributed by atoms with E-state index in [0.29, 0.717) is 6.54 Å². The Hall–Kier alpha value is -2.30. The predicted molar refractivity (Wildman–Crippen MR) is 73.5 cm³/mol. The number of nitrogens with zero attached hydrogens (tertiary/aromatic N) is 2. The highest BCUT2D eigenvalue weighted by Gasteiger charge is 2.34. The average Bonchev–Trinajstić information content (AvgIpc) is 3.33. The Labute approximate surface area is 121 Å². The lowest BCUT2D eigenvalue weighted by molar-refractivity contribution is 0.0722. The number of hydrogen-bond acceptors (Lipinski definition) is 2. The fourth-order valence-electron chi connectivity index (χ4n) is 2.24. The molecule has 108 valence electrons. The van der Waals surface area contributed by atoms with E-state index in [1.165, 1.54) is 12.1 Å². The van der Waals surface area contributed by atoms with E-state index in [1.54, 1.807) is 17.2 Å². The van der Waals surface area contributed by atoms with Crippen molar-refractivity contribution in [3.63, 3.8) is 0 Å². The van der Waals surface area contributed by atoms with Crippen molar-refractivity contribution in [2.75, 3.05) is 0 Å². The van der Waals surface area contributed by atoms with Gasteiger partial charge >= 0.3 is 0 Å². The Kier molecular flexibility index (Phi) is 3.64. The molecule has 1 amide bonds. The summed E-state index contributed by atoms with van der Waals surface area (Å²) < 4.78 is 27.1. The molecule has 5 heteroatoms. The standard InChI is InChI=1S/C16H14F2N2O/c17-14-6-3-5-13(15(14)18)16(21)20(12-7-8-12)10-11-4-1-2-9-19-11/h1-6,9,12H,7-8,10H2. The monoisotopic (exact) mass is 288 g/mol. The van der Waals surface area contributed by atoms with Crippen molar-refractivity contribution in [1.29, 1.82) is 0 Å². The molecule has 0 spiro atoms. The molecule has 0 N–H and O–H groups in total. The van der Waals surface area contributed by atoms with E-state index in [1.807, 2.05) is 12.1 Å². The Balaban J connectivity index is 1.87. The molecular weight excluding hydrogens is 274 g/mol. The number of halogens is 2. The molecule has 0 bridgehead atoms. The van der Waals surface area contributed by atoms with Gasteiger partial charge in [-0.25, -0.2) is 8.78 Å². The molecule has 1 aliphatic rings. The van der Waals surface area contributed by atoms with Gasteiger partial charge in [0.2, 0.25) is 0 Å². The van der Waals surface area contributed by atoms with Crippen LogP contribution in [-0.4, -0.2) is 21.8 Å². The molecule has 2 aromatic rings. The number of carbonyl (C=O) groups excluding carboxylic acids is 1. The van der Waals surface area contributed by atoms with Crippen molar-refractivity contribution in [1.82, 2.24) is 9.88 Å². The van der Waals surface area contributed by atoms with Gasteiger partial charge in [-0.2, -0.15) is 0 Å². The van der Waals surface area contributed by atoms with E-state index < -0.39 is 17.5 Å². The number of aromatic nitrogens is 1. The molecule has 3 rings (SSSR count). The quantitative estimate of drug-likeness (QED) is 0.865. The van der Waals surface area contributed by atoms with Crippen LogP contribution in [0.2, 0.25) is 0 Å². The minimum atomic E-state index is -1.09. The van der Waals surface area contributed by atoms with E-state index >= 15 is 0 Å². The van der Waals surface area contributed by atoms with Crippen LogP contribution in [0.25, 0.3) is 0 Å². The lowest BCUT2D eigenvalue weighted by Crippen LogP contribution is -2.33. The van der Waals surface area contributed by atoms with Gasteiger partial charge in [-0.05, 0) is 37.1 Å². The zero-order valence-electron chi connectivity index (χ0n) is 11.3. The largest absolute Gasteiger partial charge is 0.330 e. The normalized spacial score (nSPS) is 14.0. The highest BCUT2D eigenvalue weighted by molar-refractivity contribution is 5.94. The summed E-state index contributed by atoms with van der Waals surface area (Å²) in [5.74, 6) is -2.58. The van der Waals surface area contributed by atoms with Gasteiger partial charge in [-0.3, -0.25) is 9.78 Å². The third-order valence-electron chi connectivity index (χ3n) is 3.49. The Morgan fingerprint density at radius 2 is 2.00 bits per heavy atom. The molecule has 0 aliphatic heterocycles. The van der Waals surface area contributed by atoms with Gasteiger partial charge in [0.25, 0.3) is 5.91 Å². The summed E-state index contributed by atoms with van der Waals surface area (Å²) in [6.45, 7) is 0.306. The number of pyridine rings is 1. The van der Waals surface area contributed by atoms with Crippen molar-refractivity contribution < 1.29 is 13.6 Å². The van der Waals surface area contributed by atoms with Crippen LogP contribution < -0.4 is 0 Å². The highest BCUT2D eigenvalue weighted by atomic mass is 19.2. The molecule has 1 aliphatic carbocycles. The topological polar surface area (TPSA) is 33.2 Å². The first-order valence-corrected chi connectivity index (χ1v) is 6.81. The van der Waals surface area contributed by atoms with Crippen molar-refractivity contribution in [3.8, 4) is 0 Å². The SMILES string of the molecule is O=C(c1cccc(F)c1F)N(Cc1ccccn1)C1CC1. The summed E-state index contributed by atoms with van der Waals surface area (Å²) in [5.41, 5.74) is 0.507. The van der Waals surface area contributed by atoms with Crippen molar-refractivity contribution >= 4 is 5.91 Å². The van der Waals surface area contributed by atoms with Crippen LogP contribution in [-0.2, 0) is 6.54 Å². The molecule has 0 saturated heterocycles. The Bertz CT molecular complexity index is 657. The van der Waals surface area contributed by atoms with Crippen molar-refractivity contribution in [2.24, 2.45) is 0 Å². The van der Waals surface area contributed by atoms with E-state index in [9.17, 15) is 13.6 Å². The second-order valence-corrected chi connectivity index (χ2v) is 5.09. The number of carbonyl (C=O) groups is 1. The van der Waals surface area contributed by atoms with E-state index in [4.69, 9.17) is 0 Å². The predicted octanol–water partition coefficient (Wildman–Crippen LogP) is 3.16. The fraction of sp³-hybridized carbons (Fsp3) is 0.250. The van der Waals surface area contributed by atoms with Crippen LogP contribution >= 0.6 is 0 Å². The maximum absolute atomic E-state index is 13.8. The summed E-state index contributed by atoms with van der Waals surface area (Å²) in [6, 6.07) is 9.19. The zero-order valence-corrected chi connectivity index (χ0v) is 11.3. The molecule has 1 aromatic carbocycles. The lowest BCUT2D eigenvalue weighted by atomic mass is 10.1.